The zero-order chi connectivity index (χ0) is 20.1. The Morgan fingerprint density at radius 3 is 2.25 bits per heavy atom. The standard InChI is InChI=1S/C23H30N2O3/c1-16-19(15-20(24(16)3)17-5-7-18(28-4)8-6-17)21(26)25-13-11-23(12-14-25)10-9-22(23,2)27/h5-8,15,27H,9-14H2,1-4H3. The normalized spacial score (nSPS) is 23.5. The van der Waals surface area contributed by atoms with E-state index in [4.69, 9.17) is 4.74 Å². The topological polar surface area (TPSA) is 54.7 Å². The van der Waals surface area contributed by atoms with E-state index in [2.05, 4.69) is 4.57 Å². The van der Waals surface area contributed by atoms with Gasteiger partial charge in [-0.1, -0.05) is 0 Å². The Morgan fingerprint density at radius 1 is 1.11 bits per heavy atom. The lowest BCUT2D eigenvalue weighted by Crippen LogP contribution is -2.60. The molecule has 1 unspecified atom stereocenters. The first-order chi connectivity index (χ1) is 13.3. The molecular weight excluding hydrogens is 352 g/mol. The molecule has 0 radical (unpaired) electrons. The molecule has 1 saturated carbocycles. The van der Waals surface area contributed by atoms with Gasteiger partial charge in [0.2, 0.25) is 0 Å². The highest BCUT2D eigenvalue weighted by Crippen LogP contribution is 2.56. The van der Waals surface area contributed by atoms with E-state index in [1.807, 2.05) is 56.1 Å². The average molecular weight is 383 g/mol. The maximum atomic E-state index is 13.2. The van der Waals surface area contributed by atoms with Crippen molar-refractivity contribution in [1.29, 1.82) is 0 Å². The lowest BCUT2D eigenvalue weighted by molar-refractivity contribution is -0.174. The molecular formula is C23H30N2O3. The summed E-state index contributed by atoms with van der Waals surface area (Å²) in [5, 5.41) is 10.6. The van der Waals surface area contributed by atoms with E-state index in [1.165, 1.54) is 0 Å². The van der Waals surface area contributed by atoms with Crippen molar-refractivity contribution in [2.75, 3.05) is 20.2 Å². The summed E-state index contributed by atoms with van der Waals surface area (Å²) < 4.78 is 7.32. The molecule has 5 heteroatoms. The molecule has 1 amide bonds. The van der Waals surface area contributed by atoms with Crippen molar-refractivity contribution in [3.05, 3.63) is 41.6 Å². The number of aliphatic hydroxyl groups is 1. The van der Waals surface area contributed by atoms with Crippen LogP contribution >= 0.6 is 0 Å². The van der Waals surface area contributed by atoms with E-state index in [0.717, 1.165) is 67.0 Å². The number of hydrogen-bond acceptors (Lipinski definition) is 3. The summed E-state index contributed by atoms with van der Waals surface area (Å²) >= 11 is 0. The van der Waals surface area contributed by atoms with E-state index in [-0.39, 0.29) is 11.3 Å². The number of carbonyl (C=O) groups excluding carboxylic acids is 1. The molecule has 5 nitrogen and oxygen atoms in total. The smallest absolute Gasteiger partial charge is 0.255 e. The Hall–Kier alpha value is -2.27. The van der Waals surface area contributed by atoms with Gasteiger partial charge in [-0.3, -0.25) is 4.79 Å². The van der Waals surface area contributed by atoms with Gasteiger partial charge in [0.25, 0.3) is 5.91 Å². The van der Waals surface area contributed by atoms with E-state index in [0.29, 0.717) is 0 Å². The Morgan fingerprint density at radius 2 is 1.75 bits per heavy atom. The van der Waals surface area contributed by atoms with Crippen LogP contribution in [0.25, 0.3) is 11.3 Å². The lowest BCUT2D eigenvalue weighted by atomic mass is 9.53. The number of hydrogen-bond donors (Lipinski definition) is 1. The molecule has 28 heavy (non-hydrogen) atoms. The monoisotopic (exact) mass is 382 g/mol. The molecule has 2 aliphatic rings. The molecule has 1 atom stereocenters. The SMILES string of the molecule is COc1ccc(-c2cc(C(=O)N3CCC4(CC3)CCC4(C)O)c(C)n2C)cc1. The number of methoxy groups -OCH3 is 1. The van der Waals surface area contributed by atoms with Crippen LogP contribution in [-0.2, 0) is 7.05 Å². The second-order valence-corrected chi connectivity index (χ2v) is 8.66. The van der Waals surface area contributed by atoms with Crippen LogP contribution < -0.4 is 4.74 Å². The zero-order valence-corrected chi connectivity index (χ0v) is 17.3. The minimum absolute atomic E-state index is 0.0176. The first-order valence-electron chi connectivity index (χ1n) is 10.1. The minimum atomic E-state index is -0.563. The summed E-state index contributed by atoms with van der Waals surface area (Å²) in [5.41, 5.74) is 3.29. The molecule has 1 aliphatic heterocycles. The summed E-state index contributed by atoms with van der Waals surface area (Å²) in [4.78, 5) is 15.2. The minimum Gasteiger partial charge on any atom is -0.497 e. The molecule has 1 aliphatic carbocycles. The highest BCUT2D eigenvalue weighted by Gasteiger charge is 2.55. The van der Waals surface area contributed by atoms with Gasteiger partial charge in [0.05, 0.1) is 18.3 Å². The Labute approximate surface area is 166 Å². The van der Waals surface area contributed by atoms with Gasteiger partial charge in [-0.15, -0.1) is 0 Å². The molecule has 2 aromatic rings. The molecule has 1 aromatic carbocycles. The maximum Gasteiger partial charge on any atom is 0.255 e. The number of ether oxygens (including phenoxy) is 1. The molecule has 0 bridgehead atoms. The zero-order valence-electron chi connectivity index (χ0n) is 17.3. The fourth-order valence-electron chi connectivity index (χ4n) is 4.89. The molecule has 1 aromatic heterocycles. The third-order valence-corrected chi connectivity index (χ3v) is 7.39. The number of likely N-dealkylation sites (tertiary alicyclic amines) is 1. The molecule has 150 valence electrons. The van der Waals surface area contributed by atoms with Crippen LogP contribution in [0.3, 0.4) is 0 Å². The Bertz CT molecular complexity index is 887. The Kier molecular flexibility index (Phi) is 4.53. The lowest BCUT2D eigenvalue weighted by Gasteiger charge is -2.58. The maximum absolute atomic E-state index is 13.2. The number of rotatable bonds is 3. The Balaban J connectivity index is 1.54. The molecule has 1 N–H and O–H groups in total. The van der Waals surface area contributed by atoms with Crippen molar-refractivity contribution >= 4 is 5.91 Å². The number of piperidine rings is 1. The van der Waals surface area contributed by atoms with Crippen molar-refractivity contribution in [3.8, 4) is 17.0 Å². The van der Waals surface area contributed by atoms with E-state index >= 15 is 0 Å². The van der Waals surface area contributed by atoms with Crippen LogP contribution in [0.4, 0.5) is 0 Å². The molecule has 2 fully saturated rings. The van der Waals surface area contributed by atoms with E-state index < -0.39 is 5.60 Å². The van der Waals surface area contributed by atoms with Crippen LogP contribution in [0.5, 0.6) is 5.75 Å². The second-order valence-electron chi connectivity index (χ2n) is 8.66. The summed E-state index contributed by atoms with van der Waals surface area (Å²) in [5.74, 6) is 0.918. The van der Waals surface area contributed by atoms with Crippen molar-refractivity contribution in [2.45, 2.75) is 45.1 Å². The number of benzene rings is 1. The molecule has 2 heterocycles. The third-order valence-electron chi connectivity index (χ3n) is 7.39. The average Bonchev–Trinajstić information content (AvgIpc) is 3.01. The van der Waals surface area contributed by atoms with Gasteiger partial charge in [0.1, 0.15) is 5.75 Å². The number of amides is 1. The van der Waals surface area contributed by atoms with Gasteiger partial charge in [0.15, 0.2) is 0 Å². The highest BCUT2D eigenvalue weighted by molar-refractivity contribution is 5.97. The largest absolute Gasteiger partial charge is 0.497 e. The number of aromatic nitrogens is 1. The summed E-state index contributed by atoms with van der Waals surface area (Å²) in [7, 11) is 3.66. The van der Waals surface area contributed by atoms with Crippen molar-refractivity contribution in [2.24, 2.45) is 12.5 Å². The van der Waals surface area contributed by atoms with Crippen molar-refractivity contribution < 1.29 is 14.6 Å². The van der Waals surface area contributed by atoms with Gasteiger partial charge in [0, 0.05) is 36.9 Å². The van der Waals surface area contributed by atoms with Gasteiger partial charge in [-0.25, -0.2) is 0 Å². The fraction of sp³-hybridized carbons (Fsp3) is 0.522. The van der Waals surface area contributed by atoms with Crippen LogP contribution in [0.15, 0.2) is 30.3 Å². The van der Waals surface area contributed by atoms with Gasteiger partial charge < -0.3 is 19.3 Å². The summed E-state index contributed by atoms with van der Waals surface area (Å²) in [6.45, 7) is 5.40. The van der Waals surface area contributed by atoms with Crippen LogP contribution in [-0.4, -0.2) is 46.3 Å². The van der Waals surface area contributed by atoms with Gasteiger partial charge in [-0.05, 0) is 75.4 Å². The van der Waals surface area contributed by atoms with E-state index in [9.17, 15) is 9.90 Å². The van der Waals surface area contributed by atoms with Crippen LogP contribution in [0, 0.1) is 12.3 Å². The van der Waals surface area contributed by atoms with Crippen molar-refractivity contribution in [3.63, 3.8) is 0 Å². The quantitative estimate of drug-likeness (QED) is 0.879. The molecule has 1 spiro atoms. The molecule has 4 rings (SSSR count). The van der Waals surface area contributed by atoms with Gasteiger partial charge in [-0.2, -0.15) is 0 Å². The third kappa shape index (κ3) is 2.84. The van der Waals surface area contributed by atoms with Crippen molar-refractivity contribution in [1.82, 2.24) is 9.47 Å². The number of carbonyl (C=O) groups is 1. The first-order valence-corrected chi connectivity index (χ1v) is 10.1. The predicted molar refractivity (Wildman–Crippen MR) is 110 cm³/mol. The first kappa shape index (κ1) is 19.1. The van der Waals surface area contributed by atoms with Crippen LogP contribution in [0.1, 0.15) is 48.7 Å². The van der Waals surface area contributed by atoms with E-state index in [1.54, 1.807) is 7.11 Å². The van der Waals surface area contributed by atoms with Gasteiger partial charge >= 0.3 is 0 Å². The molecule has 1 saturated heterocycles. The van der Waals surface area contributed by atoms with Crippen LogP contribution in [0.2, 0.25) is 0 Å². The fourth-order valence-corrected chi connectivity index (χ4v) is 4.89. The number of nitrogens with zero attached hydrogens (tertiary/aromatic N) is 2. The summed E-state index contributed by atoms with van der Waals surface area (Å²) in [6.07, 6.45) is 3.74. The second kappa shape index (κ2) is 6.66. The highest BCUT2D eigenvalue weighted by atomic mass is 16.5. The summed E-state index contributed by atoms with van der Waals surface area (Å²) in [6, 6.07) is 9.92. The predicted octanol–water partition coefficient (Wildman–Crippen LogP) is 3.78.